The Kier molecular flexibility index (Phi) is 12.9. The number of aliphatic hydroxyl groups is 1. The highest BCUT2D eigenvalue weighted by Crippen LogP contribution is 2.21. The fourth-order valence-electron chi connectivity index (χ4n) is 2.53. The van der Waals surface area contributed by atoms with Gasteiger partial charge in [-0.15, -0.1) is 11.8 Å². The van der Waals surface area contributed by atoms with Crippen molar-refractivity contribution in [3.8, 4) is 0 Å². The summed E-state index contributed by atoms with van der Waals surface area (Å²) in [6, 6.07) is 7.73. The van der Waals surface area contributed by atoms with Crippen LogP contribution in [0.3, 0.4) is 0 Å². The molecule has 0 aromatic heterocycles. The monoisotopic (exact) mass is 427 g/mol. The molecule has 5 nitrogen and oxygen atoms in total. The van der Waals surface area contributed by atoms with Gasteiger partial charge >= 0.3 is 0 Å². The van der Waals surface area contributed by atoms with Gasteiger partial charge in [-0.2, -0.15) is 11.8 Å². The van der Waals surface area contributed by atoms with Gasteiger partial charge < -0.3 is 10.8 Å². The highest BCUT2D eigenvalue weighted by atomic mass is 32.2. The van der Waals surface area contributed by atoms with Crippen molar-refractivity contribution >= 4 is 29.4 Å². The van der Waals surface area contributed by atoms with Gasteiger partial charge in [0.05, 0.1) is 0 Å². The number of nitrogens with two attached hydrogens (primary N) is 1. The third-order valence-electron chi connectivity index (χ3n) is 4.17. The van der Waals surface area contributed by atoms with E-state index in [1.54, 1.807) is 11.8 Å². The summed E-state index contributed by atoms with van der Waals surface area (Å²) in [7, 11) is 0. The zero-order valence-corrected chi connectivity index (χ0v) is 19.2. The van der Waals surface area contributed by atoms with Crippen molar-refractivity contribution in [2.45, 2.75) is 75.8 Å². The summed E-state index contributed by atoms with van der Waals surface area (Å²) in [5.41, 5.74) is 12.5. The average Bonchev–Trinajstić information content (AvgIpc) is 2.64. The Morgan fingerprint density at radius 2 is 1.93 bits per heavy atom. The molecular formula is C21H37N3O2S2. The summed E-state index contributed by atoms with van der Waals surface area (Å²) in [6.07, 6.45) is 1.87. The third-order valence-corrected chi connectivity index (χ3v) is 6.39. The molecule has 1 rings (SSSR count). The van der Waals surface area contributed by atoms with E-state index in [1.165, 1.54) is 17.7 Å². The van der Waals surface area contributed by atoms with Crippen molar-refractivity contribution in [1.82, 2.24) is 10.9 Å². The average molecular weight is 428 g/mol. The number of nitrogens with one attached hydrogen (secondary N) is 2. The summed E-state index contributed by atoms with van der Waals surface area (Å²) in [5, 5.41) is 10.6. The smallest absolute Gasteiger partial charge is 0.264 e. The van der Waals surface area contributed by atoms with E-state index >= 15 is 0 Å². The van der Waals surface area contributed by atoms with Crippen LogP contribution in [0.2, 0.25) is 0 Å². The number of thioether (sulfide) groups is 2. The van der Waals surface area contributed by atoms with Gasteiger partial charge in [-0.05, 0) is 53.2 Å². The minimum absolute atomic E-state index is 0.485. The van der Waals surface area contributed by atoms with Crippen molar-refractivity contribution in [3.63, 3.8) is 0 Å². The fraction of sp³-hybridized carbons (Fsp3) is 0.667. The quantitative estimate of drug-likeness (QED) is 0.206. The van der Waals surface area contributed by atoms with Crippen molar-refractivity contribution < 1.29 is 9.90 Å². The maximum absolute atomic E-state index is 12.1. The molecule has 0 fully saturated rings. The first-order valence-electron chi connectivity index (χ1n) is 10.1. The van der Waals surface area contributed by atoms with Crippen LogP contribution in [0.15, 0.2) is 29.2 Å². The first-order chi connectivity index (χ1) is 13.3. The largest absolute Gasteiger partial charge is 0.382 e. The molecule has 0 saturated carbocycles. The molecule has 7 heteroatoms. The lowest BCUT2D eigenvalue weighted by atomic mass is 10.1. The zero-order chi connectivity index (χ0) is 20.9. The van der Waals surface area contributed by atoms with Crippen LogP contribution in [0, 0.1) is 5.92 Å². The van der Waals surface area contributed by atoms with Crippen LogP contribution in [0.1, 0.15) is 52.5 Å². The molecule has 0 spiro atoms. The van der Waals surface area contributed by atoms with Gasteiger partial charge in [-0.25, -0.2) is 5.43 Å². The van der Waals surface area contributed by atoms with Crippen molar-refractivity contribution in [2.75, 3.05) is 11.5 Å². The van der Waals surface area contributed by atoms with Gasteiger partial charge in [-0.3, -0.25) is 10.2 Å². The molecule has 0 bridgehead atoms. The van der Waals surface area contributed by atoms with Crippen molar-refractivity contribution in [1.29, 1.82) is 0 Å². The van der Waals surface area contributed by atoms with E-state index in [-0.39, 0.29) is 0 Å². The van der Waals surface area contributed by atoms with E-state index in [4.69, 9.17) is 5.73 Å². The van der Waals surface area contributed by atoms with Crippen LogP contribution in [0.5, 0.6) is 0 Å². The molecule has 2 unspecified atom stereocenters. The molecule has 0 aliphatic rings. The summed E-state index contributed by atoms with van der Waals surface area (Å²) in [5.74, 6) is 2.21. The highest BCUT2D eigenvalue weighted by Gasteiger charge is 2.22. The summed E-state index contributed by atoms with van der Waals surface area (Å²) < 4.78 is 0. The maximum atomic E-state index is 12.1. The molecule has 1 amide bonds. The molecule has 1 aromatic rings. The van der Waals surface area contributed by atoms with Gasteiger partial charge in [0.2, 0.25) is 0 Å². The Bertz CT molecular complexity index is 570. The normalized spacial score (nSPS) is 13.7. The maximum Gasteiger partial charge on any atom is 0.264 e. The summed E-state index contributed by atoms with van der Waals surface area (Å²) >= 11 is 3.63. The van der Waals surface area contributed by atoms with Crippen LogP contribution in [-0.2, 0) is 11.3 Å². The highest BCUT2D eigenvalue weighted by molar-refractivity contribution is 7.99. The van der Waals surface area contributed by atoms with E-state index in [0.29, 0.717) is 18.2 Å². The predicted octanol–water partition coefficient (Wildman–Crippen LogP) is 3.56. The second-order valence-electron chi connectivity index (χ2n) is 7.69. The van der Waals surface area contributed by atoms with Gasteiger partial charge in [0, 0.05) is 17.5 Å². The van der Waals surface area contributed by atoms with Crippen molar-refractivity contribution in [3.05, 3.63) is 29.8 Å². The fourth-order valence-corrected chi connectivity index (χ4v) is 4.36. The lowest BCUT2D eigenvalue weighted by Gasteiger charge is -2.19. The number of hydrazine groups is 1. The number of amides is 1. The second-order valence-corrected chi connectivity index (χ2v) is 10.5. The Labute approximate surface area is 179 Å². The Morgan fingerprint density at radius 1 is 1.18 bits per heavy atom. The topological polar surface area (TPSA) is 87.4 Å². The third kappa shape index (κ3) is 11.3. The van der Waals surface area contributed by atoms with Crippen LogP contribution in [-0.4, -0.2) is 39.9 Å². The van der Waals surface area contributed by atoms with E-state index in [0.717, 1.165) is 23.0 Å². The standard InChI is InChI=1S/C21H37N3O2S2/c1-15(2)7-6-11-28-18-9-5-8-17(13-18)14-23-24-21(26)20(25)19(22)10-12-27-16(3)4/h5,8-9,13,15-16,19-20,23,25H,6-7,10-12,14,22H2,1-4H3,(H,24,26). The second kappa shape index (κ2) is 14.3. The first-order valence-corrected chi connectivity index (χ1v) is 12.1. The van der Waals surface area contributed by atoms with Crippen molar-refractivity contribution in [2.24, 2.45) is 11.7 Å². The zero-order valence-electron chi connectivity index (χ0n) is 17.6. The van der Waals surface area contributed by atoms with Gasteiger partial charge in [0.15, 0.2) is 0 Å². The van der Waals surface area contributed by atoms with Crippen LogP contribution < -0.4 is 16.6 Å². The number of rotatable bonds is 14. The number of hydrogen-bond donors (Lipinski definition) is 4. The van der Waals surface area contributed by atoms with E-state index in [1.807, 2.05) is 23.9 Å². The van der Waals surface area contributed by atoms with Gasteiger partial charge in [-0.1, -0.05) is 46.2 Å². The Morgan fingerprint density at radius 3 is 2.61 bits per heavy atom. The molecule has 160 valence electrons. The predicted molar refractivity (Wildman–Crippen MR) is 122 cm³/mol. The molecule has 5 N–H and O–H groups in total. The van der Waals surface area contributed by atoms with E-state index in [2.05, 4.69) is 50.7 Å². The molecular weight excluding hydrogens is 390 g/mol. The van der Waals surface area contributed by atoms with Crippen LogP contribution in [0.4, 0.5) is 0 Å². The number of hydrogen-bond acceptors (Lipinski definition) is 6. The van der Waals surface area contributed by atoms with Crippen LogP contribution >= 0.6 is 23.5 Å². The molecule has 1 aromatic carbocycles. The minimum atomic E-state index is -1.21. The molecule has 0 saturated heterocycles. The van der Waals surface area contributed by atoms with E-state index < -0.39 is 18.1 Å². The summed E-state index contributed by atoms with van der Waals surface area (Å²) in [4.78, 5) is 13.3. The minimum Gasteiger partial charge on any atom is -0.382 e. The number of carbonyl (C=O) groups excluding carboxylic acids is 1. The van der Waals surface area contributed by atoms with Gasteiger partial charge in [0.1, 0.15) is 6.10 Å². The summed E-state index contributed by atoms with van der Waals surface area (Å²) in [6.45, 7) is 9.22. The lowest BCUT2D eigenvalue weighted by Crippen LogP contribution is -2.50. The van der Waals surface area contributed by atoms with E-state index in [9.17, 15) is 9.90 Å². The SMILES string of the molecule is CC(C)CCCSc1cccc(CNNC(=O)C(O)C(N)CCSC(C)C)c1. The number of aliphatic hydroxyl groups excluding tert-OH is 1. The first kappa shape index (κ1) is 25.3. The molecule has 0 radical (unpaired) electrons. The molecule has 0 aliphatic heterocycles. The number of carbonyl (C=O) groups is 1. The van der Waals surface area contributed by atoms with Crippen LogP contribution in [0.25, 0.3) is 0 Å². The Balaban J connectivity index is 2.32. The molecule has 0 heterocycles. The molecule has 2 atom stereocenters. The molecule has 28 heavy (non-hydrogen) atoms. The molecule has 0 aliphatic carbocycles. The number of benzene rings is 1. The van der Waals surface area contributed by atoms with Gasteiger partial charge in [0.25, 0.3) is 5.91 Å². The Hall–Kier alpha value is -0.730. The lowest BCUT2D eigenvalue weighted by molar-refractivity contribution is -0.131.